The van der Waals surface area contributed by atoms with E-state index in [1.165, 1.54) is 4.89 Å². The van der Waals surface area contributed by atoms with Crippen molar-refractivity contribution in [2.24, 2.45) is 0 Å². The first-order chi connectivity index (χ1) is 3.63. The predicted octanol–water partition coefficient (Wildman–Crippen LogP) is -1.15. The summed E-state index contributed by atoms with van der Waals surface area (Å²) in [5.74, 6) is -0.700. The van der Waals surface area contributed by atoms with E-state index < -0.39 is 17.2 Å². The molecule has 1 atom stereocenters. The SMILES string of the molecule is CC(=O)ONS(=O)[O-]. The summed E-state index contributed by atoms with van der Waals surface area (Å²) >= 11 is -2.53. The first-order valence-corrected chi connectivity index (χ1v) is 2.72. The van der Waals surface area contributed by atoms with Crippen molar-refractivity contribution in [3.8, 4) is 0 Å². The van der Waals surface area contributed by atoms with Gasteiger partial charge in [0, 0.05) is 6.92 Å². The topological polar surface area (TPSA) is 78.5 Å². The van der Waals surface area contributed by atoms with Gasteiger partial charge < -0.3 is 9.39 Å². The van der Waals surface area contributed by atoms with Crippen molar-refractivity contribution in [1.29, 1.82) is 0 Å². The van der Waals surface area contributed by atoms with E-state index in [-0.39, 0.29) is 0 Å². The zero-order valence-electron chi connectivity index (χ0n) is 4.04. The molecule has 0 aliphatic rings. The number of hydrogen-bond donors (Lipinski definition) is 1. The van der Waals surface area contributed by atoms with Crippen LogP contribution in [0.4, 0.5) is 0 Å². The summed E-state index contributed by atoms with van der Waals surface area (Å²) in [6.45, 7) is 1.08. The van der Waals surface area contributed by atoms with Crippen LogP contribution in [0.5, 0.6) is 0 Å². The zero-order chi connectivity index (χ0) is 6.57. The fourth-order valence-corrected chi connectivity index (χ4v) is 0.278. The molecule has 0 aliphatic carbocycles. The highest BCUT2D eigenvalue weighted by molar-refractivity contribution is 7.76. The van der Waals surface area contributed by atoms with Crippen molar-refractivity contribution < 1.29 is 18.4 Å². The van der Waals surface area contributed by atoms with Crippen molar-refractivity contribution in [2.45, 2.75) is 6.92 Å². The van der Waals surface area contributed by atoms with Crippen LogP contribution >= 0.6 is 0 Å². The van der Waals surface area contributed by atoms with E-state index in [4.69, 9.17) is 0 Å². The molecule has 0 rings (SSSR count). The molecule has 0 aromatic rings. The van der Waals surface area contributed by atoms with Crippen LogP contribution < -0.4 is 4.89 Å². The van der Waals surface area contributed by atoms with Crippen molar-refractivity contribution >= 4 is 17.2 Å². The van der Waals surface area contributed by atoms with E-state index in [0.717, 1.165) is 6.92 Å². The van der Waals surface area contributed by atoms with Crippen LogP contribution in [0.2, 0.25) is 0 Å². The Morgan fingerprint density at radius 2 is 2.38 bits per heavy atom. The average molecular weight is 138 g/mol. The van der Waals surface area contributed by atoms with Gasteiger partial charge in [-0.25, -0.2) is 0 Å². The lowest BCUT2D eigenvalue weighted by Crippen LogP contribution is -2.19. The van der Waals surface area contributed by atoms with Crippen LogP contribution in [0.1, 0.15) is 6.92 Å². The number of carbonyl (C=O) groups is 1. The number of hydrogen-bond acceptors (Lipinski definition) is 4. The third-order valence-corrected chi connectivity index (χ3v) is 0.473. The minimum Gasteiger partial charge on any atom is -0.758 e. The Balaban J connectivity index is 3.18. The maximum atomic E-state index is 9.79. The second-order valence-electron chi connectivity index (χ2n) is 0.912. The van der Waals surface area contributed by atoms with Gasteiger partial charge in [0.05, 0.1) is 11.3 Å². The highest BCUT2D eigenvalue weighted by Gasteiger charge is 1.87. The van der Waals surface area contributed by atoms with Gasteiger partial charge in [-0.1, -0.05) is 4.89 Å². The highest BCUT2D eigenvalue weighted by atomic mass is 32.2. The molecule has 6 heteroatoms. The summed E-state index contributed by atoms with van der Waals surface area (Å²) in [6, 6.07) is 0. The molecule has 0 radical (unpaired) electrons. The van der Waals surface area contributed by atoms with Crippen LogP contribution in [0.3, 0.4) is 0 Å². The standard InChI is InChI=1S/C2H5NO4S/c1-2(4)7-3-8(5)6/h3H,1H3,(H,5,6)/p-1. The summed E-state index contributed by atoms with van der Waals surface area (Å²) in [5.41, 5.74) is 0. The van der Waals surface area contributed by atoms with E-state index in [0.29, 0.717) is 0 Å². The molecule has 0 saturated carbocycles. The van der Waals surface area contributed by atoms with Crippen molar-refractivity contribution in [1.82, 2.24) is 4.89 Å². The summed E-state index contributed by atoms with van der Waals surface area (Å²) in [5, 5.41) is 0. The third-order valence-electron chi connectivity index (χ3n) is 0.253. The molecule has 0 saturated heterocycles. The molecule has 0 fully saturated rings. The van der Waals surface area contributed by atoms with Gasteiger partial charge in [-0.2, -0.15) is 0 Å². The molecule has 48 valence electrons. The molecule has 0 aromatic heterocycles. The van der Waals surface area contributed by atoms with Gasteiger partial charge in [0.1, 0.15) is 0 Å². The molecule has 0 heterocycles. The van der Waals surface area contributed by atoms with E-state index in [1.807, 2.05) is 0 Å². The second kappa shape index (κ2) is 3.53. The molecular formula is C2H4NO4S-. The van der Waals surface area contributed by atoms with Gasteiger partial charge in [-0.3, -0.25) is 9.00 Å². The lowest BCUT2D eigenvalue weighted by atomic mass is 10.8. The number of carbonyl (C=O) groups excluding carboxylic acids is 1. The molecule has 1 unspecified atom stereocenters. The first kappa shape index (κ1) is 7.54. The Hall–Kier alpha value is -0.460. The summed E-state index contributed by atoms with van der Waals surface area (Å²) < 4.78 is 19.0. The maximum absolute atomic E-state index is 9.79. The van der Waals surface area contributed by atoms with Gasteiger partial charge in [0.25, 0.3) is 0 Å². The normalized spacial score (nSPS) is 12.8. The smallest absolute Gasteiger partial charge is 0.322 e. The van der Waals surface area contributed by atoms with Crippen LogP contribution in [0.15, 0.2) is 0 Å². The zero-order valence-corrected chi connectivity index (χ0v) is 4.86. The van der Waals surface area contributed by atoms with Crippen LogP contribution in [0, 0.1) is 0 Å². The third kappa shape index (κ3) is 5.54. The number of rotatable bonds is 2. The molecular weight excluding hydrogens is 134 g/mol. The Morgan fingerprint density at radius 1 is 1.88 bits per heavy atom. The minimum absolute atomic E-state index is 0.700. The fraction of sp³-hybridized carbons (Fsp3) is 0.500. The van der Waals surface area contributed by atoms with Crippen LogP contribution in [0.25, 0.3) is 0 Å². The van der Waals surface area contributed by atoms with E-state index in [9.17, 15) is 13.6 Å². The molecule has 0 aliphatic heterocycles. The molecule has 8 heavy (non-hydrogen) atoms. The molecule has 0 amide bonds. The number of nitrogens with one attached hydrogen (secondary N) is 1. The van der Waals surface area contributed by atoms with Gasteiger partial charge >= 0.3 is 5.97 Å². The van der Waals surface area contributed by atoms with Crippen molar-refractivity contribution in [3.05, 3.63) is 0 Å². The predicted molar refractivity (Wildman–Crippen MR) is 23.8 cm³/mol. The maximum Gasteiger partial charge on any atom is 0.322 e. The quantitative estimate of drug-likeness (QED) is 0.386. The molecule has 1 N–H and O–H groups in total. The molecule has 5 nitrogen and oxygen atoms in total. The highest BCUT2D eigenvalue weighted by Crippen LogP contribution is 1.68. The Morgan fingerprint density at radius 3 is 2.50 bits per heavy atom. The van der Waals surface area contributed by atoms with Gasteiger partial charge in [0.15, 0.2) is 0 Å². The van der Waals surface area contributed by atoms with E-state index >= 15 is 0 Å². The fourth-order valence-electron chi connectivity index (χ4n) is 0.0927. The summed E-state index contributed by atoms with van der Waals surface area (Å²) in [6.07, 6.45) is 0. The Bertz CT molecular complexity index is 98.6. The molecule has 0 bridgehead atoms. The van der Waals surface area contributed by atoms with Crippen molar-refractivity contribution in [3.63, 3.8) is 0 Å². The van der Waals surface area contributed by atoms with Crippen molar-refractivity contribution in [2.75, 3.05) is 0 Å². The summed E-state index contributed by atoms with van der Waals surface area (Å²) in [7, 11) is 0. The van der Waals surface area contributed by atoms with Crippen LogP contribution in [-0.2, 0) is 20.9 Å². The first-order valence-electron chi connectivity index (χ1n) is 1.65. The van der Waals surface area contributed by atoms with Gasteiger partial charge in [-0.05, 0) is 0 Å². The van der Waals surface area contributed by atoms with Gasteiger partial charge in [0.2, 0.25) is 0 Å². The van der Waals surface area contributed by atoms with E-state index in [1.54, 1.807) is 0 Å². The van der Waals surface area contributed by atoms with Gasteiger partial charge in [-0.15, -0.1) is 0 Å². The largest absolute Gasteiger partial charge is 0.758 e. The average Bonchev–Trinajstić information content (AvgIpc) is 1.61. The van der Waals surface area contributed by atoms with E-state index in [2.05, 4.69) is 4.84 Å². The Labute approximate surface area is 48.4 Å². The lowest BCUT2D eigenvalue weighted by molar-refractivity contribution is -0.144. The molecule has 0 aromatic carbocycles. The molecule has 0 spiro atoms. The monoisotopic (exact) mass is 138 g/mol. The summed E-state index contributed by atoms with van der Waals surface area (Å²) in [4.78, 5) is 15.0. The Kier molecular flexibility index (Phi) is 3.33. The minimum atomic E-state index is -2.53. The lowest BCUT2D eigenvalue weighted by Gasteiger charge is -2.03. The second-order valence-corrected chi connectivity index (χ2v) is 1.55. The van der Waals surface area contributed by atoms with Crippen LogP contribution in [-0.4, -0.2) is 14.7 Å².